The molecule has 1 fully saturated rings. The lowest BCUT2D eigenvalue weighted by Crippen LogP contribution is -2.18. The van der Waals surface area contributed by atoms with Crippen LogP contribution in [0, 0.1) is 35.5 Å². The van der Waals surface area contributed by atoms with Crippen molar-refractivity contribution in [3.8, 4) is 0 Å². The largest absolute Gasteiger partial charge is 0.0625 e. The predicted octanol–water partition coefficient (Wildman–Crippen LogP) is 4.60. The van der Waals surface area contributed by atoms with E-state index in [-0.39, 0.29) is 0 Å². The van der Waals surface area contributed by atoms with Gasteiger partial charge in [-0.15, -0.1) is 0 Å². The molecule has 84 valence electrons. The molecule has 0 aliphatic heterocycles. The zero-order valence-corrected chi connectivity index (χ0v) is 10.9. The topological polar surface area (TPSA) is 0 Å². The van der Waals surface area contributed by atoms with Crippen molar-refractivity contribution in [3.63, 3.8) is 0 Å². The first kappa shape index (κ1) is 12.1. The lowest BCUT2D eigenvalue weighted by atomic mass is 9.80. The van der Waals surface area contributed by atoms with E-state index in [9.17, 15) is 0 Å². The highest BCUT2D eigenvalue weighted by atomic mass is 14.4. The Morgan fingerprint density at radius 2 is 1.00 bits per heavy atom. The van der Waals surface area contributed by atoms with Crippen molar-refractivity contribution < 1.29 is 0 Å². The minimum Gasteiger partial charge on any atom is -0.0625 e. The molecule has 0 aromatic heterocycles. The maximum Gasteiger partial charge on any atom is -0.0357 e. The molecule has 0 radical (unpaired) electrons. The van der Waals surface area contributed by atoms with Gasteiger partial charge >= 0.3 is 0 Å². The molecule has 0 N–H and O–H groups in total. The van der Waals surface area contributed by atoms with Crippen LogP contribution >= 0.6 is 0 Å². The standard InChI is InChI=1S/C14H28/c1-9(2)12-7-13(10(3)4)14(8-12)11(5)6/h9-14H,7-8H2,1-6H3. The Balaban J connectivity index is 2.65. The van der Waals surface area contributed by atoms with Gasteiger partial charge in [0.05, 0.1) is 0 Å². The quantitative estimate of drug-likeness (QED) is 0.619. The van der Waals surface area contributed by atoms with Crippen LogP contribution in [0.5, 0.6) is 0 Å². The monoisotopic (exact) mass is 196 g/mol. The minimum atomic E-state index is 0.881. The summed E-state index contributed by atoms with van der Waals surface area (Å²) in [5.41, 5.74) is 0. The molecule has 1 aliphatic rings. The van der Waals surface area contributed by atoms with Gasteiger partial charge in [0.1, 0.15) is 0 Å². The lowest BCUT2D eigenvalue weighted by molar-refractivity contribution is 0.235. The van der Waals surface area contributed by atoms with E-state index >= 15 is 0 Å². The highest BCUT2D eigenvalue weighted by molar-refractivity contribution is 4.87. The molecule has 2 unspecified atom stereocenters. The first-order valence-corrected chi connectivity index (χ1v) is 6.43. The van der Waals surface area contributed by atoms with Gasteiger partial charge in [-0.1, -0.05) is 41.5 Å². The normalized spacial score (nSPS) is 33.6. The second-order valence-corrected chi connectivity index (χ2v) is 6.29. The van der Waals surface area contributed by atoms with Crippen molar-refractivity contribution >= 4 is 0 Å². The molecule has 1 rings (SSSR count). The first-order valence-electron chi connectivity index (χ1n) is 6.43. The van der Waals surface area contributed by atoms with Crippen molar-refractivity contribution in [2.75, 3.05) is 0 Å². The van der Waals surface area contributed by atoms with E-state index < -0.39 is 0 Å². The zero-order chi connectivity index (χ0) is 10.9. The maximum atomic E-state index is 2.41. The van der Waals surface area contributed by atoms with Crippen molar-refractivity contribution in [1.82, 2.24) is 0 Å². The summed E-state index contributed by atoms with van der Waals surface area (Å²) in [5.74, 6) is 5.62. The van der Waals surface area contributed by atoms with E-state index in [0.29, 0.717) is 0 Å². The third kappa shape index (κ3) is 2.52. The van der Waals surface area contributed by atoms with E-state index in [1.807, 2.05) is 0 Å². The van der Waals surface area contributed by atoms with E-state index in [2.05, 4.69) is 41.5 Å². The van der Waals surface area contributed by atoms with Crippen LogP contribution in [0.3, 0.4) is 0 Å². The maximum absolute atomic E-state index is 2.41. The molecule has 0 aromatic rings. The van der Waals surface area contributed by atoms with Crippen LogP contribution in [0.25, 0.3) is 0 Å². The highest BCUT2D eigenvalue weighted by Gasteiger charge is 2.38. The van der Waals surface area contributed by atoms with Crippen LogP contribution in [0.15, 0.2) is 0 Å². The molecule has 14 heavy (non-hydrogen) atoms. The summed E-state index contributed by atoms with van der Waals surface area (Å²) in [6, 6.07) is 0. The average Bonchev–Trinajstić information content (AvgIpc) is 2.47. The molecule has 0 amide bonds. The molecule has 0 heterocycles. The predicted molar refractivity (Wildman–Crippen MR) is 64.2 cm³/mol. The molecule has 0 spiro atoms. The molecular weight excluding hydrogens is 168 g/mol. The molecular formula is C14H28. The summed E-state index contributed by atoms with van der Waals surface area (Å²) in [4.78, 5) is 0. The Kier molecular flexibility index (Phi) is 4.04. The van der Waals surface area contributed by atoms with Crippen LogP contribution < -0.4 is 0 Å². The Bertz CT molecular complexity index is 151. The summed E-state index contributed by atoms with van der Waals surface area (Å²) >= 11 is 0. The van der Waals surface area contributed by atoms with Gasteiger partial charge < -0.3 is 0 Å². The van der Waals surface area contributed by atoms with Gasteiger partial charge in [-0.2, -0.15) is 0 Å². The Hall–Kier alpha value is 0. The van der Waals surface area contributed by atoms with Gasteiger partial charge in [-0.3, -0.25) is 0 Å². The van der Waals surface area contributed by atoms with E-state index in [4.69, 9.17) is 0 Å². The zero-order valence-electron chi connectivity index (χ0n) is 10.9. The smallest absolute Gasteiger partial charge is 0.0357 e. The van der Waals surface area contributed by atoms with E-state index in [1.54, 1.807) is 0 Å². The summed E-state index contributed by atoms with van der Waals surface area (Å²) in [6.07, 6.45) is 2.97. The summed E-state index contributed by atoms with van der Waals surface area (Å²) in [5, 5.41) is 0. The van der Waals surface area contributed by atoms with Crippen LogP contribution in [-0.4, -0.2) is 0 Å². The summed E-state index contributed by atoms with van der Waals surface area (Å²) in [7, 11) is 0. The van der Waals surface area contributed by atoms with Crippen LogP contribution in [0.2, 0.25) is 0 Å². The van der Waals surface area contributed by atoms with E-state index in [1.165, 1.54) is 12.8 Å². The molecule has 1 aliphatic carbocycles. The Labute approximate surface area is 90.5 Å². The first-order chi connectivity index (χ1) is 6.43. The Morgan fingerprint density at radius 3 is 1.21 bits per heavy atom. The average molecular weight is 196 g/mol. The fraction of sp³-hybridized carbons (Fsp3) is 1.00. The van der Waals surface area contributed by atoms with Gasteiger partial charge in [0, 0.05) is 0 Å². The fourth-order valence-electron chi connectivity index (χ4n) is 3.22. The van der Waals surface area contributed by atoms with Gasteiger partial charge in [0.2, 0.25) is 0 Å². The van der Waals surface area contributed by atoms with E-state index in [0.717, 1.165) is 35.5 Å². The lowest BCUT2D eigenvalue weighted by Gasteiger charge is -2.26. The SMILES string of the molecule is CC(C)C1CC(C(C)C)C(C(C)C)C1. The number of hydrogen-bond acceptors (Lipinski definition) is 0. The van der Waals surface area contributed by atoms with Gasteiger partial charge in [-0.05, 0) is 48.3 Å². The van der Waals surface area contributed by atoms with Crippen molar-refractivity contribution in [2.24, 2.45) is 35.5 Å². The minimum absolute atomic E-state index is 0.881. The Morgan fingerprint density at radius 1 is 0.643 bits per heavy atom. The number of hydrogen-bond donors (Lipinski definition) is 0. The summed E-state index contributed by atoms with van der Waals surface area (Å²) < 4.78 is 0. The molecule has 0 nitrogen and oxygen atoms in total. The number of rotatable bonds is 3. The van der Waals surface area contributed by atoms with Crippen molar-refractivity contribution in [1.29, 1.82) is 0 Å². The molecule has 0 bridgehead atoms. The summed E-state index contributed by atoms with van der Waals surface area (Å²) in [6.45, 7) is 14.4. The van der Waals surface area contributed by atoms with Crippen LogP contribution in [0.1, 0.15) is 54.4 Å². The molecule has 2 atom stereocenters. The highest BCUT2D eigenvalue weighted by Crippen LogP contribution is 2.46. The molecule has 0 aromatic carbocycles. The van der Waals surface area contributed by atoms with Crippen LogP contribution in [0.4, 0.5) is 0 Å². The molecule has 0 heteroatoms. The second kappa shape index (κ2) is 4.68. The third-order valence-corrected chi connectivity index (χ3v) is 4.36. The molecule has 0 saturated heterocycles. The van der Waals surface area contributed by atoms with Crippen molar-refractivity contribution in [3.05, 3.63) is 0 Å². The second-order valence-electron chi connectivity index (χ2n) is 6.29. The van der Waals surface area contributed by atoms with Gasteiger partial charge in [0.15, 0.2) is 0 Å². The fourth-order valence-corrected chi connectivity index (χ4v) is 3.22. The van der Waals surface area contributed by atoms with Gasteiger partial charge in [0.25, 0.3) is 0 Å². The third-order valence-electron chi connectivity index (χ3n) is 4.36. The molecule has 1 saturated carbocycles. The van der Waals surface area contributed by atoms with Gasteiger partial charge in [-0.25, -0.2) is 0 Å². The van der Waals surface area contributed by atoms with Crippen molar-refractivity contribution in [2.45, 2.75) is 54.4 Å². The van der Waals surface area contributed by atoms with Crippen LogP contribution in [-0.2, 0) is 0 Å².